The summed E-state index contributed by atoms with van der Waals surface area (Å²) < 4.78 is 12.7. The van der Waals surface area contributed by atoms with Crippen molar-refractivity contribution in [2.75, 3.05) is 10.6 Å². The third kappa shape index (κ3) is 3.46. The summed E-state index contributed by atoms with van der Waals surface area (Å²) in [5, 5.41) is 14.4. The van der Waals surface area contributed by atoms with Crippen molar-refractivity contribution in [3.63, 3.8) is 0 Å². The molecular weight excluding hydrogens is 281 g/mol. The van der Waals surface area contributed by atoms with E-state index >= 15 is 0 Å². The Kier molecular flexibility index (Phi) is 4.18. The first-order chi connectivity index (χ1) is 9.58. The molecular formula is C14H9ClFN3O. The summed E-state index contributed by atoms with van der Waals surface area (Å²) in [6.45, 7) is 0. The normalized spacial score (nSPS) is 9.65. The molecule has 0 aliphatic rings. The van der Waals surface area contributed by atoms with E-state index in [9.17, 15) is 9.18 Å². The number of hydrogen-bond acceptors (Lipinski definition) is 2. The van der Waals surface area contributed by atoms with Gasteiger partial charge in [-0.15, -0.1) is 0 Å². The minimum absolute atomic E-state index is 0.295. The Labute approximate surface area is 119 Å². The lowest BCUT2D eigenvalue weighted by Crippen LogP contribution is -2.20. The molecule has 0 aromatic heterocycles. The number of carbonyl (C=O) groups is 1. The smallest absolute Gasteiger partial charge is 0.308 e. The Morgan fingerprint density at radius 3 is 2.50 bits per heavy atom. The molecule has 0 radical (unpaired) electrons. The number of urea groups is 1. The van der Waals surface area contributed by atoms with Crippen molar-refractivity contribution in [2.24, 2.45) is 0 Å². The molecule has 2 N–H and O–H groups in total. The van der Waals surface area contributed by atoms with Crippen LogP contribution in [0.4, 0.5) is 20.6 Å². The monoisotopic (exact) mass is 289 g/mol. The van der Waals surface area contributed by atoms with Gasteiger partial charge in [-0.3, -0.25) is 0 Å². The Balaban J connectivity index is 2.10. The zero-order chi connectivity index (χ0) is 14.5. The maximum Gasteiger partial charge on any atom is 0.323 e. The summed E-state index contributed by atoms with van der Waals surface area (Å²) in [6, 6.07) is 11.3. The van der Waals surface area contributed by atoms with Crippen LogP contribution in [0.15, 0.2) is 42.5 Å². The first kappa shape index (κ1) is 13.8. The Morgan fingerprint density at radius 1 is 1.15 bits per heavy atom. The standard InChI is InChI=1S/C14H9ClFN3O/c15-10-2-1-9(8-17)13(7-10)19-14(20)18-12-5-3-11(16)4-6-12/h1-7H,(H2,18,19,20). The maximum atomic E-state index is 12.7. The highest BCUT2D eigenvalue weighted by Gasteiger charge is 2.07. The number of nitriles is 1. The number of rotatable bonds is 2. The molecule has 0 saturated heterocycles. The van der Waals surface area contributed by atoms with Gasteiger partial charge in [0.25, 0.3) is 0 Å². The number of benzene rings is 2. The van der Waals surface area contributed by atoms with Gasteiger partial charge in [0.15, 0.2) is 0 Å². The number of amides is 2. The fourth-order valence-electron chi connectivity index (χ4n) is 1.54. The zero-order valence-electron chi connectivity index (χ0n) is 10.2. The molecule has 2 aromatic rings. The third-order valence-electron chi connectivity index (χ3n) is 2.45. The van der Waals surface area contributed by atoms with Gasteiger partial charge in [0, 0.05) is 10.7 Å². The summed E-state index contributed by atoms with van der Waals surface area (Å²) in [6.07, 6.45) is 0. The maximum absolute atomic E-state index is 12.7. The average molecular weight is 290 g/mol. The number of nitrogens with zero attached hydrogens (tertiary/aromatic N) is 1. The summed E-state index contributed by atoms with van der Waals surface area (Å²) in [7, 11) is 0. The molecule has 0 unspecified atom stereocenters. The van der Waals surface area contributed by atoms with E-state index in [1.54, 1.807) is 6.07 Å². The van der Waals surface area contributed by atoms with E-state index in [4.69, 9.17) is 16.9 Å². The molecule has 6 heteroatoms. The SMILES string of the molecule is N#Cc1ccc(Cl)cc1NC(=O)Nc1ccc(F)cc1. The van der Waals surface area contributed by atoms with Gasteiger partial charge < -0.3 is 10.6 Å². The molecule has 0 bridgehead atoms. The minimum Gasteiger partial charge on any atom is -0.308 e. The van der Waals surface area contributed by atoms with Crippen LogP contribution in [-0.2, 0) is 0 Å². The van der Waals surface area contributed by atoms with Crippen molar-refractivity contribution in [1.29, 1.82) is 5.26 Å². The lowest BCUT2D eigenvalue weighted by atomic mass is 10.2. The number of carbonyl (C=O) groups excluding carboxylic acids is 1. The summed E-state index contributed by atoms with van der Waals surface area (Å²) in [5.74, 6) is -0.391. The second-order valence-corrected chi connectivity index (χ2v) is 4.32. The van der Waals surface area contributed by atoms with Crippen LogP contribution in [0, 0.1) is 17.1 Å². The van der Waals surface area contributed by atoms with Crippen LogP contribution in [0.25, 0.3) is 0 Å². The second-order valence-electron chi connectivity index (χ2n) is 3.89. The molecule has 0 spiro atoms. The molecule has 0 saturated carbocycles. The van der Waals surface area contributed by atoms with Crippen LogP contribution in [0.2, 0.25) is 5.02 Å². The number of nitrogens with one attached hydrogen (secondary N) is 2. The highest BCUT2D eigenvalue weighted by Crippen LogP contribution is 2.20. The van der Waals surface area contributed by atoms with Gasteiger partial charge in [-0.05, 0) is 42.5 Å². The van der Waals surface area contributed by atoms with Crippen molar-refractivity contribution in [1.82, 2.24) is 0 Å². The van der Waals surface area contributed by atoms with Crippen LogP contribution < -0.4 is 10.6 Å². The quantitative estimate of drug-likeness (QED) is 0.878. The topological polar surface area (TPSA) is 64.9 Å². The Bertz CT molecular complexity index is 680. The van der Waals surface area contributed by atoms with Crippen LogP contribution >= 0.6 is 11.6 Å². The number of anilines is 2. The van der Waals surface area contributed by atoms with Crippen LogP contribution in [-0.4, -0.2) is 6.03 Å². The summed E-state index contributed by atoms with van der Waals surface area (Å²) >= 11 is 5.81. The fraction of sp³-hybridized carbons (Fsp3) is 0. The van der Waals surface area contributed by atoms with Crippen molar-refractivity contribution in [3.05, 3.63) is 58.9 Å². The molecule has 0 fully saturated rings. The number of halogens is 2. The van der Waals surface area contributed by atoms with Gasteiger partial charge in [0.2, 0.25) is 0 Å². The molecule has 2 amide bonds. The molecule has 0 aliphatic heterocycles. The van der Waals surface area contributed by atoms with Crippen LogP contribution in [0.1, 0.15) is 5.56 Å². The largest absolute Gasteiger partial charge is 0.323 e. The van der Waals surface area contributed by atoms with Crippen LogP contribution in [0.5, 0.6) is 0 Å². The van der Waals surface area contributed by atoms with Gasteiger partial charge in [0.05, 0.1) is 11.3 Å². The molecule has 0 atom stereocenters. The predicted molar refractivity (Wildman–Crippen MR) is 75.2 cm³/mol. The van der Waals surface area contributed by atoms with E-state index in [-0.39, 0.29) is 0 Å². The van der Waals surface area contributed by atoms with Gasteiger partial charge in [0.1, 0.15) is 11.9 Å². The predicted octanol–water partition coefficient (Wildman–Crippen LogP) is 3.99. The highest BCUT2D eigenvalue weighted by molar-refractivity contribution is 6.31. The van der Waals surface area contributed by atoms with Crippen molar-refractivity contribution < 1.29 is 9.18 Å². The van der Waals surface area contributed by atoms with Crippen molar-refractivity contribution in [2.45, 2.75) is 0 Å². The summed E-state index contributed by atoms with van der Waals surface area (Å²) in [4.78, 5) is 11.8. The average Bonchev–Trinajstić information content (AvgIpc) is 2.41. The van der Waals surface area contributed by atoms with Crippen LogP contribution in [0.3, 0.4) is 0 Å². The fourth-order valence-corrected chi connectivity index (χ4v) is 1.71. The Morgan fingerprint density at radius 2 is 1.85 bits per heavy atom. The molecule has 2 rings (SSSR count). The zero-order valence-corrected chi connectivity index (χ0v) is 10.9. The highest BCUT2D eigenvalue weighted by atomic mass is 35.5. The molecule has 0 aliphatic carbocycles. The van der Waals surface area contributed by atoms with E-state index < -0.39 is 11.8 Å². The van der Waals surface area contributed by atoms with E-state index in [0.29, 0.717) is 22.0 Å². The summed E-state index contributed by atoms with van der Waals surface area (Å²) in [5.41, 5.74) is 1.03. The van der Waals surface area contributed by atoms with E-state index in [0.717, 1.165) is 0 Å². The number of hydrogen-bond donors (Lipinski definition) is 2. The van der Waals surface area contributed by atoms with E-state index in [1.807, 2.05) is 6.07 Å². The molecule has 0 heterocycles. The molecule has 2 aromatic carbocycles. The van der Waals surface area contributed by atoms with E-state index in [1.165, 1.54) is 36.4 Å². The second kappa shape index (κ2) is 6.04. The first-order valence-electron chi connectivity index (χ1n) is 5.62. The first-order valence-corrected chi connectivity index (χ1v) is 5.99. The van der Waals surface area contributed by atoms with Gasteiger partial charge in [-0.1, -0.05) is 11.6 Å². The van der Waals surface area contributed by atoms with E-state index in [2.05, 4.69) is 10.6 Å². The third-order valence-corrected chi connectivity index (χ3v) is 2.69. The van der Waals surface area contributed by atoms with Crippen molar-refractivity contribution >= 4 is 29.0 Å². The van der Waals surface area contributed by atoms with Gasteiger partial charge in [-0.25, -0.2) is 9.18 Å². The minimum atomic E-state index is -0.546. The molecule has 4 nitrogen and oxygen atoms in total. The molecule has 20 heavy (non-hydrogen) atoms. The van der Waals surface area contributed by atoms with Gasteiger partial charge >= 0.3 is 6.03 Å². The van der Waals surface area contributed by atoms with Crippen molar-refractivity contribution in [3.8, 4) is 6.07 Å². The van der Waals surface area contributed by atoms with Gasteiger partial charge in [-0.2, -0.15) is 5.26 Å². The lowest BCUT2D eigenvalue weighted by Gasteiger charge is -2.09. The lowest BCUT2D eigenvalue weighted by molar-refractivity contribution is 0.262. The Hall–Kier alpha value is -2.58. The molecule has 100 valence electrons.